The van der Waals surface area contributed by atoms with Gasteiger partial charge in [0.2, 0.25) is 0 Å². The second kappa shape index (κ2) is 6.25. The van der Waals surface area contributed by atoms with Crippen molar-refractivity contribution in [3.63, 3.8) is 0 Å². The molecule has 0 fully saturated rings. The molecule has 1 N–H and O–H groups in total. The van der Waals surface area contributed by atoms with Gasteiger partial charge in [-0.2, -0.15) is 0 Å². The summed E-state index contributed by atoms with van der Waals surface area (Å²) in [6, 6.07) is 10.9. The third-order valence-corrected chi connectivity index (χ3v) is 3.70. The van der Waals surface area contributed by atoms with Crippen LogP contribution in [0.5, 0.6) is 0 Å². The molecule has 0 bridgehead atoms. The highest BCUT2D eigenvalue weighted by Crippen LogP contribution is 2.28. The summed E-state index contributed by atoms with van der Waals surface area (Å²) in [4.78, 5) is 11.4. The van der Waals surface area contributed by atoms with Crippen LogP contribution in [0.2, 0.25) is 10.0 Å². The normalized spacial score (nSPS) is 12.2. The Balaban J connectivity index is 2.33. The number of benzene rings is 2. The first-order valence-electron chi connectivity index (χ1n) is 5.90. The number of hydrogen-bond acceptors (Lipinski definition) is 1. The molecule has 0 spiro atoms. The van der Waals surface area contributed by atoms with E-state index in [9.17, 15) is 14.3 Å². The van der Waals surface area contributed by atoms with Crippen LogP contribution in [0.4, 0.5) is 4.39 Å². The Hall–Kier alpha value is -1.58. The van der Waals surface area contributed by atoms with Gasteiger partial charge in [-0.1, -0.05) is 47.5 Å². The van der Waals surface area contributed by atoms with E-state index in [-0.39, 0.29) is 11.4 Å². The smallest absolute Gasteiger partial charge is 0.311 e. The number of carbonyl (C=O) groups is 1. The number of aliphatic carboxylic acids is 1. The zero-order valence-corrected chi connectivity index (χ0v) is 11.8. The minimum absolute atomic E-state index is 0.0345. The predicted molar refractivity (Wildman–Crippen MR) is 76.9 cm³/mol. The second-order valence-electron chi connectivity index (χ2n) is 4.36. The molecule has 0 aliphatic heterocycles. The maximum atomic E-state index is 13.4. The van der Waals surface area contributed by atoms with E-state index in [4.69, 9.17) is 23.2 Å². The molecule has 20 heavy (non-hydrogen) atoms. The van der Waals surface area contributed by atoms with Gasteiger partial charge in [-0.25, -0.2) is 4.39 Å². The molecule has 0 heterocycles. The van der Waals surface area contributed by atoms with E-state index < -0.39 is 17.7 Å². The summed E-state index contributed by atoms with van der Waals surface area (Å²) >= 11 is 11.6. The molecule has 2 rings (SSSR count). The SMILES string of the molecule is O=C(O)C(Cc1cccc(F)c1Cl)c1ccc(Cl)cc1. The number of halogens is 3. The minimum Gasteiger partial charge on any atom is -0.481 e. The van der Waals surface area contributed by atoms with Crippen LogP contribution < -0.4 is 0 Å². The average Bonchev–Trinajstić information content (AvgIpc) is 2.41. The Morgan fingerprint density at radius 2 is 1.80 bits per heavy atom. The highest BCUT2D eigenvalue weighted by Gasteiger charge is 2.22. The van der Waals surface area contributed by atoms with Gasteiger partial charge in [0.1, 0.15) is 5.82 Å². The number of hydrogen-bond donors (Lipinski definition) is 1. The van der Waals surface area contributed by atoms with Gasteiger partial charge in [0, 0.05) is 5.02 Å². The number of rotatable bonds is 4. The van der Waals surface area contributed by atoms with Gasteiger partial charge in [-0.15, -0.1) is 0 Å². The first kappa shape index (κ1) is 14.8. The molecule has 1 atom stereocenters. The molecule has 1 unspecified atom stereocenters. The van der Waals surface area contributed by atoms with Crippen molar-refractivity contribution < 1.29 is 14.3 Å². The molecule has 5 heteroatoms. The van der Waals surface area contributed by atoms with Crippen molar-refractivity contribution >= 4 is 29.2 Å². The quantitative estimate of drug-likeness (QED) is 0.899. The molecule has 0 saturated carbocycles. The van der Waals surface area contributed by atoms with Gasteiger partial charge < -0.3 is 5.11 Å². The van der Waals surface area contributed by atoms with E-state index in [2.05, 4.69) is 0 Å². The van der Waals surface area contributed by atoms with E-state index >= 15 is 0 Å². The zero-order valence-electron chi connectivity index (χ0n) is 10.3. The van der Waals surface area contributed by atoms with Gasteiger partial charge in [0.25, 0.3) is 0 Å². The Morgan fingerprint density at radius 1 is 1.15 bits per heavy atom. The van der Waals surface area contributed by atoms with Gasteiger partial charge in [0.15, 0.2) is 0 Å². The minimum atomic E-state index is -0.993. The Bertz CT molecular complexity index is 626. The van der Waals surface area contributed by atoms with E-state index in [0.29, 0.717) is 16.1 Å². The van der Waals surface area contributed by atoms with Crippen LogP contribution in [0.1, 0.15) is 17.0 Å². The monoisotopic (exact) mass is 312 g/mol. The van der Waals surface area contributed by atoms with Crippen LogP contribution in [0.25, 0.3) is 0 Å². The molecular formula is C15H11Cl2FO2. The molecule has 0 aromatic heterocycles. The molecule has 2 aromatic rings. The first-order chi connectivity index (χ1) is 9.49. The van der Waals surface area contributed by atoms with E-state index in [0.717, 1.165) is 0 Å². The first-order valence-corrected chi connectivity index (χ1v) is 6.66. The summed E-state index contributed by atoms with van der Waals surface area (Å²) in [7, 11) is 0. The molecule has 0 aliphatic rings. The summed E-state index contributed by atoms with van der Waals surface area (Å²) in [6.45, 7) is 0. The van der Waals surface area contributed by atoms with Crippen LogP contribution in [0.15, 0.2) is 42.5 Å². The Morgan fingerprint density at radius 3 is 2.40 bits per heavy atom. The van der Waals surface area contributed by atoms with Crippen molar-refractivity contribution in [3.05, 3.63) is 69.5 Å². The van der Waals surface area contributed by atoms with E-state index in [1.54, 1.807) is 30.3 Å². The molecule has 104 valence electrons. The predicted octanol–water partition coefficient (Wildman–Crippen LogP) is 4.54. The molecular weight excluding hydrogens is 302 g/mol. The van der Waals surface area contributed by atoms with Crippen molar-refractivity contribution in [2.45, 2.75) is 12.3 Å². The summed E-state index contributed by atoms with van der Waals surface area (Å²) in [5, 5.41) is 9.84. The maximum absolute atomic E-state index is 13.4. The lowest BCUT2D eigenvalue weighted by molar-refractivity contribution is -0.138. The van der Waals surface area contributed by atoms with Crippen LogP contribution >= 0.6 is 23.2 Å². The third kappa shape index (κ3) is 3.30. The summed E-state index contributed by atoms with van der Waals surface area (Å²) in [5.41, 5.74) is 1.07. The molecule has 0 amide bonds. The summed E-state index contributed by atoms with van der Waals surface area (Å²) in [6.07, 6.45) is 0.119. The number of carboxylic acids is 1. The fourth-order valence-corrected chi connectivity index (χ4v) is 2.30. The molecule has 0 aliphatic carbocycles. The van der Waals surface area contributed by atoms with Crippen LogP contribution in [-0.2, 0) is 11.2 Å². The van der Waals surface area contributed by atoms with Crippen molar-refractivity contribution in [1.82, 2.24) is 0 Å². The van der Waals surface area contributed by atoms with Crippen LogP contribution in [0.3, 0.4) is 0 Å². The van der Waals surface area contributed by atoms with Gasteiger partial charge in [0.05, 0.1) is 10.9 Å². The lowest BCUT2D eigenvalue weighted by Gasteiger charge is -2.14. The maximum Gasteiger partial charge on any atom is 0.311 e. The Kier molecular flexibility index (Phi) is 4.63. The summed E-state index contributed by atoms with van der Waals surface area (Å²) < 4.78 is 13.4. The molecule has 2 nitrogen and oxygen atoms in total. The molecule has 2 aromatic carbocycles. The average molecular weight is 313 g/mol. The lowest BCUT2D eigenvalue weighted by atomic mass is 9.92. The molecule has 0 radical (unpaired) electrons. The fraction of sp³-hybridized carbons (Fsp3) is 0.133. The van der Waals surface area contributed by atoms with Gasteiger partial charge in [-0.05, 0) is 35.7 Å². The van der Waals surface area contributed by atoms with Gasteiger partial charge in [-0.3, -0.25) is 4.79 Å². The van der Waals surface area contributed by atoms with Crippen LogP contribution in [0, 0.1) is 5.82 Å². The topological polar surface area (TPSA) is 37.3 Å². The largest absolute Gasteiger partial charge is 0.481 e. The lowest BCUT2D eigenvalue weighted by Crippen LogP contribution is -2.14. The van der Waals surface area contributed by atoms with Crippen LogP contribution in [-0.4, -0.2) is 11.1 Å². The zero-order chi connectivity index (χ0) is 14.7. The van der Waals surface area contributed by atoms with Crippen molar-refractivity contribution in [2.75, 3.05) is 0 Å². The van der Waals surface area contributed by atoms with Gasteiger partial charge >= 0.3 is 5.97 Å². The summed E-state index contributed by atoms with van der Waals surface area (Å²) in [5.74, 6) is -2.34. The third-order valence-electron chi connectivity index (χ3n) is 3.03. The van der Waals surface area contributed by atoms with Crippen molar-refractivity contribution in [3.8, 4) is 0 Å². The Labute approximate surface area is 125 Å². The highest BCUT2D eigenvalue weighted by atomic mass is 35.5. The second-order valence-corrected chi connectivity index (χ2v) is 5.17. The number of carboxylic acid groups (broad SMARTS) is 1. The van der Waals surface area contributed by atoms with Crippen molar-refractivity contribution in [1.29, 1.82) is 0 Å². The highest BCUT2D eigenvalue weighted by molar-refractivity contribution is 6.31. The fourth-order valence-electron chi connectivity index (χ4n) is 1.97. The van der Waals surface area contributed by atoms with E-state index in [1.165, 1.54) is 12.1 Å². The van der Waals surface area contributed by atoms with Crippen molar-refractivity contribution in [2.24, 2.45) is 0 Å². The molecule has 0 saturated heterocycles. The van der Waals surface area contributed by atoms with E-state index in [1.807, 2.05) is 0 Å². The standard InChI is InChI=1S/C15H11Cl2FO2/c16-11-6-4-9(5-7-11)12(15(19)20)8-10-2-1-3-13(18)14(10)17/h1-7,12H,8H2,(H,19,20).